The van der Waals surface area contributed by atoms with Gasteiger partial charge in [-0.1, -0.05) is 0 Å². The van der Waals surface area contributed by atoms with Crippen LogP contribution in [0.15, 0.2) is 47.6 Å². The van der Waals surface area contributed by atoms with Gasteiger partial charge in [0.15, 0.2) is 0 Å². The minimum absolute atomic E-state index is 0.0228. The first-order chi connectivity index (χ1) is 9.90. The van der Waals surface area contributed by atoms with Gasteiger partial charge in [0.1, 0.15) is 10.7 Å². The first-order valence-corrected chi connectivity index (χ1v) is 7.30. The van der Waals surface area contributed by atoms with Crippen molar-refractivity contribution in [2.45, 2.75) is 11.4 Å². The zero-order valence-corrected chi connectivity index (χ0v) is 11.5. The topological polar surface area (TPSA) is 96.4 Å². The minimum Gasteiger partial charge on any atom is -0.478 e. The third kappa shape index (κ3) is 3.61. The maximum Gasteiger partial charge on any atom is 0.335 e. The van der Waals surface area contributed by atoms with Crippen LogP contribution in [0.25, 0.3) is 0 Å². The van der Waals surface area contributed by atoms with Gasteiger partial charge in [0.05, 0.1) is 5.56 Å². The molecule has 1 aromatic carbocycles. The molecular weight excluding hydrogens is 299 g/mol. The molecule has 0 atom stereocenters. The molecule has 0 aliphatic carbocycles. The number of hydrogen-bond donors (Lipinski definition) is 2. The van der Waals surface area contributed by atoms with Crippen LogP contribution in [0.2, 0.25) is 0 Å². The number of pyridine rings is 1. The van der Waals surface area contributed by atoms with E-state index >= 15 is 0 Å². The molecule has 110 valence electrons. The van der Waals surface area contributed by atoms with Gasteiger partial charge in [0.25, 0.3) is 0 Å². The summed E-state index contributed by atoms with van der Waals surface area (Å²) in [6.07, 6.45) is 3.01. The molecule has 8 heteroatoms. The molecule has 0 amide bonds. The van der Waals surface area contributed by atoms with Gasteiger partial charge in [0.2, 0.25) is 10.0 Å². The number of hydrogen-bond acceptors (Lipinski definition) is 4. The van der Waals surface area contributed by atoms with Crippen LogP contribution in [0, 0.1) is 5.82 Å². The van der Waals surface area contributed by atoms with Crippen molar-refractivity contribution < 1.29 is 22.7 Å². The van der Waals surface area contributed by atoms with Crippen molar-refractivity contribution in [1.82, 2.24) is 9.71 Å². The van der Waals surface area contributed by atoms with Crippen molar-refractivity contribution in [3.63, 3.8) is 0 Å². The van der Waals surface area contributed by atoms with Crippen molar-refractivity contribution in [3.05, 3.63) is 59.7 Å². The van der Waals surface area contributed by atoms with E-state index in [0.717, 1.165) is 12.1 Å². The molecule has 6 nitrogen and oxygen atoms in total. The Labute approximate surface area is 120 Å². The van der Waals surface area contributed by atoms with Crippen LogP contribution < -0.4 is 4.72 Å². The quantitative estimate of drug-likeness (QED) is 0.870. The van der Waals surface area contributed by atoms with Crippen molar-refractivity contribution in [2.75, 3.05) is 0 Å². The molecule has 1 aromatic heterocycles. The zero-order chi connectivity index (χ0) is 15.5. The van der Waals surface area contributed by atoms with Crippen LogP contribution in [0.1, 0.15) is 15.9 Å². The van der Waals surface area contributed by atoms with Gasteiger partial charge < -0.3 is 5.11 Å². The lowest BCUT2D eigenvalue weighted by atomic mass is 10.2. The number of benzene rings is 1. The van der Waals surface area contributed by atoms with Crippen molar-refractivity contribution in [3.8, 4) is 0 Å². The van der Waals surface area contributed by atoms with Crippen LogP contribution in [-0.2, 0) is 16.6 Å². The summed E-state index contributed by atoms with van der Waals surface area (Å²) in [4.78, 5) is 13.9. The first-order valence-electron chi connectivity index (χ1n) is 5.81. The number of carbonyl (C=O) groups is 1. The average molecular weight is 310 g/mol. The largest absolute Gasteiger partial charge is 0.478 e. The second-order valence-electron chi connectivity index (χ2n) is 4.13. The molecule has 0 aliphatic heterocycles. The molecule has 2 N–H and O–H groups in total. The second-order valence-corrected chi connectivity index (χ2v) is 5.87. The monoisotopic (exact) mass is 310 g/mol. The van der Waals surface area contributed by atoms with Gasteiger partial charge in [-0.05, 0) is 35.9 Å². The van der Waals surface area contributed by atoms with E-state index in [-0.39, 0.29) is 12.1 Å². The Hall–Kier alpha value is -2.32. The third-order valence-corrected chi connectivity index (χ3v) is 4.12. The van der Waals surface area contributed by atoms with Gasteiger partial charge in [-0.15, -0.1) is 0 Å². The number of nitrogens with zero attached hydrogens (tertiary/aromatic N) is 1. The molecule has 0 radical (unpaired) electrons. The summed E-state index contributed by atoms with van der Waals surface area (Å²) < 4.78 is 40.0. The van der Waals surface area contributed by atoms with Crippen LogP contribution in [0.5, 0.6) is 0 Å². The highest BCUT2D eigenvalue weighted by atomic mass is 32.2. The van der Waals surface area contributed by atoms with Crippen molar-refractivity contribution >= 4 is 16.0 Å². The maximum absolute atomic E-state index is 13.7. The lowest BCUT2D eigenvalue weighted by molar-refractivity contribution is 0.0696. The Morgan fingerprint density at radius 3 is 2.48 bits per heavy atom. The first kappa shape index (κ1) is 15.1. The predicted molar refractivity (Wildman–Crippen MR) is 71.6 cm³/mol. The van der Waals surface area contributed by atoms with Crippen LogP contribution in [0.3, 0.4) is 0 Å². The summed E-state index contributed by atoms with van der Waals surface area (Å²) in [6.45, 7) is -0.0228. The smallest absolute Gasteiger partial charge is 0.335 e. The fraction of sp³-hybridized carbons (Fsp3) is 0.0769. The molecule has 0 fully saturated rings. The maximum atomic E-state index is 13.7. The Morgan fingerprint density at radius 1 is 1.24 bits per heavy atom. The summed E-state index contributed by atoms with van der Waals surface area (Å²) in [5, 5.41) is 8.72. The van der Waals surface area contributed by atoms with Crippen molar-refractivity contribution in [1.29, 1.82) is 0 Å². The number of carboxylic acid groups (broad SMARTS) is 1. The molecule has 0 spiro atoms. The van der Waals surface area contributed by atoms with E-state index in [1.807, 2.05) is 0 Å². The highest BCUT2D eigenvalue weighted by molar-refractivity contribution is 7.89. The minimum atomic E-state index is -4.07. The van der Waals surface area contributed by atoms with E-state index in [2.05, 4.69) is 9.71 Å². The molecule has 0 unspecified atom stereocenters. The highest BCUT2D eigenvalue weighted by Crippen LogP contribution is 2.16. The van der Waals surface area contributed by atoms with Gasteiger partial charge in [-0.2, -0.15) is 0 Å². The number of aromatic nitrogens is 1. The van der Waals surface area contributed by atoms with Gasteiger partial charge in [0, 0.05) is 18.9 Å². The summed E-state index contributed by atoms with van der Waals surface area (Å²) in [5.41, 5.74) is 0.344. The SMILES string of the molecule is O=C(O)c1ccc(S(=O)(=O)NCc2ccncc2)c(F)c1. The number of carboxylic acids is 1. The van der Waals surface area contributed by atoms with E-state index in [1.165, 1.54) is 12.4 Å². The van der Waals surface area contributed by atoms with Crippen LogP contribution in [0.4, 0.5) is 4.39 Å². The van der Waals surface area contributed by atoms with E-state index in [1.54, 1.807) is 12.1 Å². The predicted octanol–water partition coefficient (Wildman–Crippen LogP) is 1.40. The van der Waals surface area contributed by atoms with Crippen LogP contribution >= 0.6 is 0 Å². The van der Waals surface area contributed by atoms with Gasteiger partial charge in [-0.3, -0.25) is 4.98 Å². The zero-order valence-electron chi connectivity index (χ0n) is 10.7. The summed E-state index contributed by atoms with van der Waals surface area (Å²) >= 11 is 0. The lowest BCUT2D eigenvalue weighted by Gasteiger charge is -2.08. The fourth-order valence-electron chi connectivity index (χ4n) is 1.61. The van der Waals surface area contributed by atoms with E-state index in [0.29, 0.717) is 11.6 Å². The van der Waals surface area contributed by atoms with Crippen molar-refractivity contribution in [2.24, 2.45) is 0 Å². The van der Waals surface area contributed by atoms with Gasteiger partial charge in [-0.25, -0.2) is 22.3 Å². The van der Waals surface area contributed by atoms with Gasteiger partial charge >= 0.3 is 5.97 Å². The molecule has 0 saturated carbocycles. The molecule has 0 saturated heterocycles. The van der Waals surface area contributed by atoms with E-state index < -0.39 is 26.7 Å². The number of sulfonamides is 1. The second kappa shape index (κ2) is 5.98. The molecular formula is C13H11FN2O4S. The molecule has 21 heavy (non-hydrogen) atoms. The highest BCUT2D eigenvalue weighted by Gasteiger charge is 2.20. The molecule has 0 bridgehead atoms. The Morgan fingerprint density at radius 2 is 1.90 bits per heavy atom. The normalized spacial score (nSPS) is 11.3. The van der Waals surface area contributed by atoms with E-state index in [4.69, 9.17) is 5.11 Å². The number of nitrogens with one attached hydrogen (secondary N) is 1. The fourth-order valence-corrected chi connectivity index (χ4v) is 2.68. The summed E-state index contributed by atoms with van der Waals surface area (Å²) in [6, 6.07) is 5.86. The average Bonchev–Trinajstić information content (AvgIpc) is 2.46. The Balaban J connectivity index is 2.22. The molecule has 2 aromatic rings. The standard InChI is InChI=1S/C13H11FN2O4S/c14-11-7-10(13(17)18)1-2-12(11)21(19,20)16-8-9-3-5-15-6-4-9/h1-7,16H,8H2,(H,17,18). The number of halogens is 1. The number of rotatable bonds is 5. The van der Waals surface area contributed by atoms with Crippen LogP contribution in [-0.4, -0.2) is 24.5 Å². The van der Waals surface area contributed by atoms with E-state index in [9.17, 15) is 17.6 Å². The summed E-state index contributed by atoms with van der Waals surface area (Å²) in [7, 11) is -4.07. The Bertz CT molecular complexity index is 763. The summed E-state index contributed by atoms with van der Waals surface area (Å²) in [5.74, 6) is -2.44. The molecule has 0 aliphatic rings. The lowest BCUT2D eigenvalue weighted by Crippen LogP contribution is -2.24. The third-order valence-electron chi connectivity index (χ3n) is 2.68. The molecule has 2 rings (SSSR count). The number of aromatic carboxylic acids is 1. The molecule has 1 heterocycles. The Kier molecular flexibility index (Phi) is 4.29.